The number of hydrogen-bond donors (Lipinski definition) is 1. The average Bonchev–Trinajstić information content (AvgIpc) is 3.09. The lowest BCUT2D eigenvalue weighted by molar-refractivity contribution is 0.580. The second kappa shape index (κ2) is 5.54. The van der Waals surface area contributed by atoms with Crippen molar-refractivity contribution in [3.63, 3.8) is 0 Å². The Hall–Kier alpha value is -2.19. The third-order valence-corrected chi connectivity index (χ3v) is 4.98. The first-order valence-electron chi connectivity index (χ1n) is 6.96. The number of pyridine rings is 1. The molecule has 0 saturated heterocycles. The van der Waals surface area contributed by atoms with Gasteiger partial charge in [-0.05, 0) is 26.0 Å². The van der Waals surface area contributed by atoms with Gasteiger partial charge in [0, 0.05) is 31.0 Å². The molecule has 22 heavy (non-hydrogen) atoms. The third kappa shape index (κ3) is 2.62. The van der Waals surface area contributed by atoms with E-state index in [4.69, 9.17) is 0 Å². The van der Waals surface area contributed by atoms with Gasteiger partial charge in [-0.15, -0.1) is 0 Å². The molecule has 0 aromatic carbocycles. The van der Waals surface area contributed by atoms with Crippen LogP contribution in [0.4, 0.5) is 0 Å². The number of fused-ring (bicyclic) bond motifs is 1. The summed E-state index contributed by atoms with van der Waals surface area (Å²) in [4.78, 5) is 0.214. The van der Waals surface area contributed by atoms with E-state index in [9.17, 15) is 8.42 Å². The number of aryl methyl sites for hydroxylation is 2. The highest BCUT2D eigenvalue weighted by Gasteiger charge is 2.20. The Morgan fingerprint density at radius 2 is 2.14 bits per heavy atom. The van der Waals surface area contributed by atoms with E-state index in [-0.39, 0.29) is 11.4 Å². The zero-order chi connectivity index (χ0) is 15.7. The molecule has 0 atom stereocenters. The maximum Gasteiger partial charge on any atom is 0.244 e. The van der Waals surface area contributed by atoms with Crippen LogP contribution in [0.5, 0.6) is 0 Å². The van der Waals surface area contributed by atoms with Crippen LogP contribution in [0, 0.1) is 6.92 Å². The van der Waals surface area contributed by atoms with Gasteiger partial charge in [-0.2, -0.15) is 10.2 Å². The Kier molecular flexibility index (Phi) is 3.71. The molecular weight excluding hydrogens is 302 g/mol. The molecule has 0 aliphatic rings. The summed E-state index contributed by atoms with van der Waals surface area (Å²) in [5, 5.41) is 8.36. The van der Waals surface area contributed by atoms with Crippen LogP contribution in [0.1, 0.15) is 18.2 Å². The highest BCUT2D eigenvalue weighted by molar-refractivity contribution is 7.89. The van der Waals surface area contributed by atoms with Crippen molar-refractivity contribution in [1.29, 1.82) is 0 Å². The molecule has 0 fully saturated rings. The topological polar surface area (TPSA) is 81.3 Å². The molecule has 0 aliphatic carbocycles. The molecule has 7 nitrogen and oxygen atoms in total. The molecule has 0 bridgehead atoms. The molecule has 8 heteroatoms. The van der Waals surface area contributed by atoms with Gasteiger partial charge in [0.2, 0.25) is 10.0 Å². The normalized spacial score (nSPS) is 12.1. The lowest BCUT2D eigenvalue weighted by atomic mass is 10.3. The molecule has 0 amide bonds. The highest BCUT2D eigenvalue weighted by atomic mass is 32.2. The molecule has 3 aromatic rings. The standard InChI is InChI=1S/C14H17N5O2S/c1-3-18-10-14(11(2)17-18)22(20,21)16-9-12-8-15-19-7-5-4-6-13(12)19/h4-8,10,16H,3,9H2,1-2H3. The summed E-state index contributed by atoms with van der Waals surface area (Å²) in [6, 6.07) is 5.66. The maximum atomic E-state index is 12.4. The smallest absolute Gasteiger partial charge is 0.244 e. The zero-order valence-corrected chi connectivity index (χ0v) is 13.2. The number of rotatable bonds is 5. The summed E-state index contributed by atoms with van der Waals surface area (Å²) in [6.45, 7) is 4.42. The quantitative estimate of drug-likeness (QED) is 0.769. The van der Waals surface area contributed by atoms with E-state index >= 15 is 0 Å². The van der Waals surface area contributed by atoms with Gasteiger partial charge in [-0.3, -0.25) is 4.68 Å². The van der Waals surface area contributed by atoms with Gasteiger partial charge in [0.1, 0.15) is 4.90 Å². The summed E-state index contributed by atoms with van der Waals surface area (Å²) in [6.07, 6.45) is 5.04. The first-order chi connectivity index (χ1) is 10.5. The van der Waals surface area contributed by atoms with Crippen molar-refractivity contribution in [2.45, 2.75) is 31.8 Å². The molecule has 116 valence electrons. The van der Waals surface area contributed by atoms with Crippen LogP contribution in [0.15, 0.2) is 41.7 Å². The fraction of sp³-hybridized carbons (Fsp3) is 0.286. The first-order valence-corrected chi connectivity index (χ1v) is 8.44. The average molecular weight is 319 g/mol. The molecule has 0 unspecified atom stereocenters. The SMILES string of the molecule is CCn1cc(S(=O)(=O)NCc2cnn3ccccc23)c(C)n1. The van der Waals surface area contributed by atoms with Gasteiger partial charge in [0.05, 0.1) is 17.4 Å². The van der Waals surface area contributed by atoms with E-state index in [1.54, 1.807) is 28.5 Å². The number of nitrogens with one attached hydrogen (secondary N) is 1. The molecular formula is C14H17N5O2S. The van der Waals surface area contributed by atoms with Gasteiger partial charge >= 0.3 is 0 Å². The minimum absolute atomic E-state index is 0.187. The minimum atomic E-state index is -3.60. The Morgan fingerprint density at radius 3 is 2.86 bits per heavy atom. The van der Waals surface area contributed by atoms with Gasteiger partial charge in [0.25, 0.3) is 0 Å². The Morgan fingerprint density at radius 1 is 1.32 bits per heavy atom. The van der Waals surface area contributed by atoms with E-state index in [0.717, 1.165) is 11.1 Å². The van der Waals surface area contributed by atoms with Crippen LogP contribution >= 0.6 is 0 Å². The molecule has 0 aliphatic heterocycles. The van der Waals surface area contributed by atoms with E-state index < -0.39 is 10.0 Å². The number of aromatic nitrogens is 4. The van der Waals surface area contributed by atoms with Crippen molar-refractivity contribution in [3.8, 4) is 0 Å². The fourth-order valence-electron chi connectivity index (χ4n) is 2.30. The minimum Gasteiger partial charge on any atom is -0.271 e. The van der Waals surface area contributed by atoms with E-state index in [0.29, 0.717) is 12.2 Å². The largest absolute Gasteiger partial charge is 0.271 e. The summed E-state index contributed by atoms with van der Waals surface area (Å²) in [7, 11) is -3.60. The molecule has 0 spiro atoms. The summed E-state index contributed by atoms with van der Waals surface area (Å²) in [5.74, 6) is 0. The lowest BCUT2D eigenvalue weighted by Gasteiger charge is -2.04. The van der Waals surface area contributed by atoms with Gasteiger partial charge < -0.3 is 0 Å². The Bertz CT molecular complexity index is 910. The molecule has 0 radical (unpaired) electrons. The predicted molar refractivity (Wildman–Crippen MR) is 81.9 cm³/mol. The number of hydrogen-bond acceptors (Lipinski definition) is 4. The van der Waals surface area contributed by atoms with Crippen LogP contribution in [0.3, 0.4) is 0 Å². The second-order valence-electron chi connectivity index (χ2n) is 4.96. The van der Waals surface area contributed by atoms with Crippen molar-refractivity contribution in [3.05, 3.63) is 48.0 Å². The molecule has 1 N–H and O–H groups in total. The summed E-state index contributed by atoms with van der Waals surface area (Å²) >= 11 is 0. The van der Waals surface area contributed by atoms with E-state index in [1.807, 2.05) is 31.3 Å². The van der Waals surface area contributed by atoms with Crippen LogP contribution < -0.4 is 4.72 Å². The second-order valence-corrected chi connectivity index (χ2v) is 6.69. The van der Waals surface area contributed by atoms with Crippen molar-refractivity contribution in [1.82, 2.24) is 24.1 Å². The molecule has 0 saturated carbocycles. The Labute approximate surface area is 128 Å². The highest BCUT2D eigenvalue weighted by Crippen LogP contribution is 2.15. The van der Waals surface area contributed by atoms with Crippen LogP contribution in [-0.2, 0) is 23.1 Å². The van der Waals surface area contributed by atoms with E-state index in [2.05, 4.69) is 14.9 Å². The van der Waals surface area contributed by atoms with Gasteiger partial charge in [-0.1, -0.05) is 6.07 Å². The van der Waals surface area contributed by atoms with Gasteiger partial charge in [0.15, 0.2) is 0 Å². The summed E-state index contributed by atoms with van der Waals surface area (Å²) < 4.78 is 30.8. The number of sulfonamides is 1. The fourth-order valence-corrected chi connectivity index (χ4v) is 3.49. The first kappa shape index (κ1) is 14.7. The number of nitrogens with zero attached hydrogens (tertiary/aromatic N) is 4. The van der Waals surface area contributed by atoms with Crippen LogP contribution in [0.25, 0.3) is 5.52 Å². The lowest BCUT2D eigenvalue weighted by Crippen LogP contribution is -2.23. The Balaban J connectivity index is 1.84. The maximum absolute atomic E-state index is 12.4. The van der Waals surface area contributed by atoms with Crippen molar-refractivity contribution >= 4 is 15.5 Å². The zero-order valence-electron chi connectivity index (χ0n) is 12.4. The third-order valence-electron chi connectivity index (χ3n) is 3.47. The van der Waals surface area contributed by atoms with Crippen molar-refractivity contribution in [2.24, 2.45) is 0 Å². The van der Waals surface area contributed by atoms with Crippen molar-refractivity contribution < 1.29 is 8.42 Å². The van der Waals surface area contributed by atoms with Crippen molar-refractivity contribution in [2.75, 3.05) is 0 Å². The van der Waals surface area contributed by atoms with E-state index in [1.165, 1.54) is 0 Å². The molecule has 3 heterocycles. The predicted octanol–water partition coefficient (Wildman–Crippen LogP) is 1.34. The monoisotopic (exact) mass is 319 g/mol. The van der Waals surface area contributed by atoms with Gasteiger partial charge in [-0.25, -0.2) is 17.7 Å². The van der Waals surface area contributed by atoms with Crippen LogP contribution in [0.2, 0.25) is 0 Å². The summed E-state index contributed by atoms with van der Waals surface area (Å²) in [5.41, 5.74) is 2.20. The molecule has 3 aromatic heterocycles. The van der Waals surface area contributed by atoms with Crippen LogP contribution in [-0.4, -0.2) is 27.8 Å². The molecule has 3 rings (SSSR count).